The van der Waals surface area contributed by atoms with E-state index in [1.54, 1.807) is 0 Å². The fourth-order valence-corrected chi connectivity index (χ4v) is 3.00. The largest absolute Gasteiger partial charge is 0.313 e. The first-order chi connectivity index (χ1) is 11.1. The molecular formula is C19H22ClN3. The summed E-state index contributed by atoms with van der Waals surface area (Å²) in [5.74, 6) is 0. The number of nitrogens with zero attached hydrogens (tertiary/aromatic N) is 2. The first-order valence-corrected chi connectivity index (χ1v) is 8.35. The average Bonchev–Trinajstić information content (AvgIpc) is 2.54. The molecule has 0 saturated heterocycles. The summed E-state index contributed by atoms with van der Waals surface area (Å²) in [6, 6.07) is 14.7. The van der Waals surface area contributed by atoms with Gasteiger partial charge < -0.3 is 10.2 Å². The summed E-state index contributed by atoms with van der Waals surface area (Å²) in [7, 11) is 4.18. The zero-order valence-corrected chi connectivity index (χ0v) is 14.4. The minimum atomic E-state index is 0.592. The Kier molecular flexibility index (Phi) is 5.11. The first kappa shape index (κ1) is 16.2. The molecule has 0 saturated carbocycles. The van der Waals surface area contributed by atoms with Crippen molar-refractivity contribution >= 4 is 33.3 Å². The van der Waals surface area contributed by atoms with Crippen LogP contribution >= 0.6 is 11.6 Å². The molecule has 0 unspecified atom stereocenters. The van der Waals surface area contributed by atoms with Crippen molar-refractivity contribution in [3.63, 3.8) is 0 Å². The van der Waals surface area contributed by atoms with Gasteiger partial charge in [-0.1, -0.05) is 48.0 Å². The molecule has 1 aromatic heterocycles. The second-order valence-electron chi connectivity index (χ2n) is 6.13. The Morgan fingerprint density at radius 1 is 1.09 bits per heavy atom. The minimum absolute atomic E-state index is 0.592. The van der Waals surface area contributed by atoms with Crippen LogP contribution in [0, 0.1) is 0 Å². The number of benzene rings is 2. The number of hydrogen-bond donors (Lipinski definition) is 1. The second-order valence-corrected chi connectivity index (χ2v) is 6.49. The Balaban J connectivity index is 1.80. The maximum atomic E-state index is 6.41. The lowest BCUT2D eigenvalue weighted by Gasteiger charge is -2.11. The monoisotopic (exact) mass is 327 g/mol. The van der Waals surface area contributed by atoms with Crippen molar-refractivity contribution in [2.24, 2.45) is 0 Å². The third-order valence-corrected chi connectivity index (χ3v) is 4.34. The van der Waals surface area contributed by atoms with Gasteiger partial charge in [-0.2, -0.15) is 0 Å². The van der Waals surface area contributed by atoms with Gasteiger partial charge in [0, 0.05) is 22.9 Å². The molecule has 4 heteroatoms. The molecule has 0 aliphatic carbocycles. The standard InChI is InChI=1S/C19H22ClN3/c1-23(2)11-5-10-21-13-16-12-15-9-8-14-6-3-4-7-17(14)18(15)22-19(16)20/h3-4,6-9,12,21H,5,10-11,13H2,1-2H3. The van der Waals surface area contributed by atoms with Crippen LogP contribution in [0.2, 0.25) is 5.15 Å². The van der Waals surface area contributed by atoms with E-state index in [-0.39, 0.29) is 0 Å². The quantitative estimate of drug-likeness (QED) is 0.420. The highest BCUT2D eigenvalue weighted by Gasteiger charge is 2.07. The van der Waals surface area contributed by atoms with E-state index in [0.29, 0.717) is 5.15 Å². The van der Waals surface area contributed by atoms with E-state index in [1.807, 2.05) is 12.1 Å². The van der Waals surface area contributed by atoms with E-state index in [4.69, 9.17) is 11.6 Å². The number of nitrogens with one attached hydrogen (secondary N) is 1. The van der Waals surface area contributed by atoms with Crippen LogP contribution in [0.25, 0.3) is 21.7 Å². The summed E-state index contributed by atoms with van der Waals surface area (Å²) < 4.78 is 0. The molecule has 0 radical (unpaired) electrons. The number of aromatic nitrogens is 1. The van der Waals surface area contributed by atoms with Gasteiger partial charge in [0.1, 0.15) is 5.15 Å². The maximum Gasteiger partial charge on any atom is 0.134 e. The topological polar surface area (TPSA) is 28.2 Å². The SMILES string of the molecule is CN(C)CCCNCc1cc2ccc3ccccc3c2nc1Cl. The van der Waals surface area contributed by atoms with Crippen molar-refractivity contribution in [2.75, 3.05) is 27.2 Å². The molecule has 3 nitrogen and oxygen atoms in total. The van der Waals surface area contributed by atoms with Gasteiger partial charge in [0.2, 0.25) is 0 Å². The second kappa shape index (κ2) is 7.26. The Morgan fingerprint density at radius 2 is 1.87 bits per heavy atom. The molecule has 1 N–H and O–H groups in total. The number of halogens is 1. The van der Waals surface area contributed by atoms with E-state index in [1.165, 1.54) is 5.39 Å². The summed E-state index contributed by atoms with van der Waals surface area (Å²) in [5, 5.41) is 7.52. The highest BCUT2D eigenvalue weighted by Crippen LogP contribution is 2.27. The Morgan fingerprint density at radius 3 is 2.70 bits per heavy atom. The van der Waals surface area contributed by atoms with E-state index >= 15 is 0 Å². The summed E-state index contributed by atoms with van der Waals surface area (Å²) >= 11 is 6.41. The van der Waals surface area contributed by atoms with Crippen molar-refractivity contribution in [3.8, 4) is 0 Å². The predicted octanol–water partition coefficient (Wildman–Crippen LogP) is 4.08. The van der Waals surface area contributed by atoms with Gasteiger partial charge in [-0.15, -0.1) is 0 Å². The Bertz CT molecular complexity index is 814. The van der Waals surface area contributed by atoms with Crippen molar-refractivity contribution in [1.29, 1.82) is 0 Å². The van der Waals surface area contributed by atoms with Crippen LogP contribution in [-0.4, -0.2) is 37.1 Å². The van der Waals surface area contributed by atoms with Crippen LogP contribution < -0.4 is 5.32 Å². The Hall–Kier alpha value is -1.68. The smallest absolute Gasteiger partial charge is 0.134 e. The van der Waals surface area contributed by atoms with Gasteiger partial charge in [0.15, 0.2) is 0 Å². The molecule has 0 aliphatic rings. The molecular weight excluding hydrogens is 306 g/mol. The van der Waals surface area contributed by atoms with Crippen LogP contribution in [0.1, 0.15) is 12.0 Å². The molecule has 3 rings (SSSR count). The molecule has 2 aromatic carbocycles. The normalized spacial score (nSPS) is 11.7. The first-order valence-electron chi connectivity index (χ1n) is 7.97. The lowest BCUT2D eigenvalue weighted by atomic mass is 10.1. The highest BCUT2D eigenvalue weighted by molar-refractivity contribution is 6.31. The van der Waals surface area contributed by atoms with Gasteiger partial charge in [0.25, 0.3) is 0 Å². The molecule has 0 bridgehead atoms. The van der Waals surface area contributed by atoms with Gasteiger partial charge in [-0.05, 0) is 45.1 Å². The zero-order chi connectivity index (χ0) is 16.2. The summed E-state index contributed by atoms with van der Waals surface area (Å²) in [6.07, 6.45) is 1.12. The number of pyridine rings is 1. The summed E-state index contributed by atoms with van der Waals surface area (Å²) in [6.45, 7) is 2.81. The van der Waals surface area contributed by atoms with Gasteiger partial charge in [-0.25, -0.2) is 4.98 Å². The number of rotatable bonds is 6. The van der Waals surface area contributed by atoms with E-state index < -0.39 is 0 Å². The van der Waals surface area contributed by atoms with Crippen molar-refractivity contribution in [2.45, 2.75) is 13.0 Å². The van der Waals surface area contributed by atoms with Crippen molar-refractivity contribution < 1.29 is 0 Å². The Labute approximate surface area is 142 Å². The molecule has 0 fully saturated rings. The van der Waals surface area contributed by atoms with Crippen LogP contribution in [0.15, 0.2) is 42.5 Å². The van der Waals surface area contributed by atoms with Crippen LogP contribution in [-0.2, 0) is 6.54 Å². The van der Waals surface area contributed by atoms with Crippen LogP contribution in [0.3, 0.4) is 0 Å². The zero-order valence-electron chi connectivity index (χ0n) is 13.6. The average molecular weight is 328 g/mol. The minimum Gasteiger partial charge on any atom is -0.313 e. The van der Waals surface area contributed by atoms with Crippen molar-refractivity contribution in [3.05, 3.63) is 53.2 Å². The van der Waals surface area contributed by atoms with Gasteiger partial charge in [-0.3, -0.25) is 0 Å². The lowest BCUT2D eigenvalue weighted by Crippen LogP contribution is -2.21. The maximum absolute atomic E-state index is 6.41. The van der Waals surface area contributed by atoms with Gasteiger partial charge in [0.05, 0.1) is 5.52 Å². The highest BCUT2D eigenvalue weighted by atomic mass is 35.5. The summed E-state index contributed by atoms with van der Waals surface area (Å²) in [4.78, 5) is 6.84. The molecule has 120 valence electrons. The molecule has 23 heavy (non-hydrogen) atoms. The van der Waals surface area contributed by atoms with E-state index in [9.17, 15) is 0 Å². The fraction of sp³-hybridized carbons (Fsp3) is 0.316. The van der Waals surface area contributed by atoms with Gasteiger partial charge >= 0.3 is 0 Å². The third-order valence-electron chi connectivity index (χ3n) is 4.01. The lowest BCUT2D eigenvalue weighted by molar-refractivity contribution is 0.394. The van der Waals surface area contributed by atoms with E-state index in [2.05, 4.69) is 59.6 Å². The predicted molar refractivity (Wildman–Crippen MR) is 99.1 cm³/mol. The van der Waals surface area contributed by atoms with Crippen LogP contribution in [0.4, 0.5) is 0 Å². The van der Waals surface area contributed by atoms with E-state index in [0.717, 1.165) is 47.9 Å². The molecule has 0 atom stereocenters. The fourth-order valence-electron chi connectivity index (χ4n) is 2.80. The molecule has 0 aliphatic heterocycles. The van der Waals surface area contributed by atoms with Crippen LogP contribution in [0.5, 0.6) is 0 Å². The molecule has 0 amide bonds. The molecule has 1 heterocycles. The third kappa shape index (κ3) is 3.81. The summed E-state index contributed by atoms with van der Waals surface area (Å²) in [5.41, 5.74) is 2.03. The number of hydrogen-bond acceptors (Lipinski definition) is 3. The van der Waals surface area contributed by atoms with Crippen molar-refractivity contribution in [1.82, 2.24) is 15.2 Å². The molecule has 3 aromatic rings. The number of fused-ring (bicyclic) bond motifs is 3. The molecule has 0 spiro atoms.